The van der Waals surface area contributed by atoms with E-state index in [1.54, 1.807) is 6.92 Å². The number of nitrogens with zero attached hydrogens (tertiary/aromatic N) is 1. The van der Waals surface area contributed by atoms with Crippen molar-refractivity contribution in [2.75, 3.05) is 27.7 Å². The molecule has 0 rings (SSSR count). The molecule has 0 amide bonds. The predicted molar refractivity (Wildman–Crippen MR) is 67.1 cm³/mol. The van der Waals surface area contributed by atoms with Crippen molar-refractivity contribution in [2.24, 2.45) is 11.3 Å². The van der Waals surface area contributed by atoms with E-state index in [2.05, 4.69) is 41.9 Å². The van der Waals surface area contributed by atoms with E-state index in [0.717, 1.165) is 17.4 Å². The first kappa shape index (κ1) is 26.6. The summed E-state index contributed by atoms with van der Waals surface area (Å²) in [4.78, 5) is 11.5. The molecule has 0 aliphatic rings. The second-order valence-corrected chi connectivity index (χ2v) is 6.55. The van der Waals surface area contributed by atoms with Crippen molar-refractivity contribution in [3.05, 3.63) is 0 Å². The van der Waals surface area contributed by atoms with Gasteiger partial charge in [-0.1, -0.05) is 20.8 Å². The Bertz CT molecular complexity index is 192. The van der Waals surface area contributed by atoms with Crippen LogP contribution in [-0.4, -0.2) is 38.0 Å². The zero-order valence-corrected chi connectivity index (χ0v) is 16.9. The van der Waals surface area contributed by atoms with E-state index in [4.69, 9.17) is 0 Å². The number of carbonyl (C=O) groups is 1. The molecular formula is C12H30I2N2O. The number of Topliss-reactive ketones (excluding diaryl/α,β-unsaturated/α-hetero) is 1. The molecule has 17 heavy (non-hydrogen) atoms. The summed E-state index contributed by atoms with van der Waals surface area (Å²) >= 11 is 0. The highest BCUT2D eigenvalue weighted by Gasteiger charge is 2.27. The third-order valence-corrected chi connectivity index (χ3v) is 2.20. The van der Waals surface area contributed by atoms with Gasteiger partial charge in [0.1, 0.15) is 5.78 Å². The van der Waals surface area contributed by atoms with E-state index < -0.39 is 0 Å². The molecule has 108 valence electrons. The Hall–Kier alpha value is 1.05. The summed E-state index contributed by atoms with van der Waals surface area (Å²) < 4.78 is 0.861. The summed E-state index contributed by atoms with van der Waals surface area (Å²) in [6, 6.07) is 0. The lowest BCUT2D eigenvalue weighted by atomic mass is 9.82. The van der Waals surface area contributed by atoms with Gasteiger partial charge >= 0.3 is 0 Å². The van der Waals surface area contributed by atoms with Crippen molar-refractivity contribution >= 4 is 5.78 Å². The van der Waals surface area contributed by atoms with Gasteiger partial charge in [0, 0.05) is 0 Å². The maximum absolute atomic E-state index is 11.5. The van der Waals surface area contributed by atoms with Crippen LogP contribution in [0.2, 0.25) is 0 Å². The molecule has 0 saturated heterocycles. The molecule has 0 spiro atoms. The van der Waals surface area contributed by atoms with Crippen molar-refractivity contribution in [3.8, 4) is 0 Å². The largest absolute Gasteiger partial charge is 1.00 e. The smallest absolute Gasteiger partial charge is 0.138 e. The van der Waals surface area contributed by atoms with Gasteiger partial charge in [-0.2, -0.15) is 0 Å². The molecule has 5 heteroatoms. The van der Waals surface area contributed by atoms with Crippen molar-refractivity contribution in [1.29, 1.82) is 0 Å². The van der Waals surface area contributed by atoms with Gasteiger partial charge in [0.05, 0.1) is 33.6 Å². The molecule has 1 unspecified atom stereocenters. The maximum atomic E-state index is 11.5. The number of ketones is 1. The number of hydrogen-bond acceptors (Lipinski definition) is 1. The lowest BCUT2D eigenvalue weighted by Crippen LogP contribution is -3.00. The minimum atomic E-state index is 0. The average Bonchev–Trinajstić information content (AvgIpc) is 1.78. The Morgan fingerprint density at radius 3 is 1.65 bits per heavy atom. The predicted octanol–water partition coefficient (Wildman–Crippen LogP) is -3.28. The van der Waals surface area contributed by atoms with E-state index in [0.29, 0.717) is 5.78 Å². The van der Waals surface area contributed by atoms with Crippen LogP contribution in [0.4, 0.5) is 0 Å². The minimum absolute atomic E-state index is 0. The third kappa shape index (κ3) is 17.1. The zero-order chi connectivity index (χ0) is 11.6. The first-order valence-corrected chi connectivity index (χ1v) is 5.32. The number of carbonyl (C=O) groups excluding carboxylic acids is 1. The van der Waals surface area contributed by atoms with Gasteiger partial charge in [-0.15, -0.1) is 0 Å². The molecule has 0 bridgehead atoms. The highest BCUT2D eigenvalue weighted by Crippen LogP contribution is 2.26. The van der Waals surface area contributed by atoms with Crippen molar-refractivity contribution < 1.29 is 57.2 Å². The number of halogens is 2. The molecule has 0 aliphatic carbocycles. The molecule has 3 nitrogen and oxygen atoms in total. The molecule has 0 aliphatic heterocycles. The highest BCUT2D eigenvalue weighted by atomic mass is 127. The third-order valence-electron chi connectivity index (χ3n) is 2.20. The molecule has 0 radical (unpaired) electrons. The average molecular weight is 472 g/mol. The van der Waals surface area contributed by atoms with Crippen LogP contribution in [0.15, 0.2) is 0 Å². The summed E-state index contributed by atoms with van der Waals surface area (Å²) in [5.74, 6) is 0.531. The Balaban J connectivity index is -0.000000282. The molecule has 4 N–H and O–H groups in total. The fourth-order valence-electron chi connectivity index (χ4n) is 1.74. The van der Waals surface area contributed by atoms with E-state index in [1.165, 1.54) is 0 Å². The van der Waals surface area contributed by atoms with Crippen LogP contribution in [0.5, 0.6) is 0 Å². The van der Waals surface area contributed by atoms with E-state index in [-0.39, 0.29) is 65.4 Å². The Labute approximate surface area is 141 Å². The summed E-state index contributed by atoms with van der Waals surface area (Å²) in [6.45, 7) is 9.23. The molecule has 0 aromatic heterocycles. The topological polar surface area (TPSA) is 53.6 Å². The van der Waals surface area contributed by atoms with Crippen LogP contribution in [0.25, 0.3) is 0 Å². The molecule has 0 fully saturated rings. The summed E-state index contributed by atoms with van der Waals surface area (Å²) in [5.41, 5.74) is 0.242. The van der Waals surface area contributed by atoms with Gasteiger partial charge in [-0.05, 0) is 18.8 Å². The highest BCUT2D eigenvalue weighted by molar-refractivity contribution is 5.78. The van der Waals surface area contributed by atoms with Gasteiger partial charge in [0.25, 0.3) is 0 Å². The van der Waals surface area contributed by atoms with Crippen molar-refractivity contribution in [2.45, 2.75) is 34.1 Å². The summed E-state index contributed by atoms with van der Waals surface area (Å²) in [5, 5.41) is 0. The maximum Gasteiger partial charge on any atom is 0.138 e. The van der Waals surface area contributed by atoms with Crippen LogP contribution in [0.1, 0.15) is 34.1 Å². The first-order chi connectivity index (χ1) is 6.01. The fourth-order valence-corrected chi connectivity index (χ4v) is 1.74. The normalized spacial score (nSPS) is 12.6. The van der Waals surface area contributed by atoms with Crippen LogP contribution in [0, 0.1) is 11.3 Å². The van der Waals surface area contributed by atoms with Crippen LogP contribution < -0.4 is 54.1 Å². The van der Waals surface area contributed by atoms with Crippen LogP contribution in [0.3, 0.4) is 0 Å². The van der Waals surface area contributed by atoms with Crippen molar-refractivity contribution in [1.82, 2.24) is 6.15 Å². The summed E-state index contributed by atoms with van der Waals surface area (Å²) in [7, 11) is 6.41. The minimum Gasteiger partial charge on any atom is -1.00 e. The van der Waals surface area contributed by atoms with Gasteiger partial charge in [-0.25, -0.2) is 0 Å². The lowest BCUT2D eigenvalue weighted by molar-refractivity contribution is -0.872. The van der Waals surface area contributed by atoms with Gasteiger partial charge in [-0.3, -0.25) is 4.79 Å². The van der Waals surface area contributed by atoms with Crippen molar-refractivity contribution in [3.63, 3.8) is 0 Å². The molecular weight excluding hydrogens is 442 g/mol. The Morgan fingerprint density at radius 2 is 1.47 bits per heavy atom. The van der Waals surface area contributed by atoms with E-state index >= 15 is 0 Å². The standard InChI is InChI=1S/C12H26NO.2HI.H3N/c1-10(14)11(8-12(2,3)4)9-13(5,6)7;;;/h11H,8-9H2,1-7H3;2*1H;1H3/q+1;;;/p-1. The quantitative estimate of drug-likeness (QED) is 0.339. The number of rotatable bonds is 4. The molecule has 0 aromatic carbocycles. The number of quaternary nitrogens is 2. The van der Waals surface area contributed by atoms with Crippen LogP contribution in [-0.2, 0) is 4.79 Å². The monoisotopic (exact) mass is 472 g/mol. The Kier molecular flexibility index (Phi) is 15.5. The number of hydrogen-bond donors (Lipinski definition) is 1. The fraction of sp³-hybridized carbons (Fsp3) is 0.917. The van der Waals surface area contributed by atoms with Gasteiger partial charge < -0.3 is 58.6 Å². The van der Waals surface area contributed by atoms with E-state index in [9.17, 15) is 4.79 Å². The molecule has 0 heterocycles. The zero-order valence-electron chi connectivity index (χ0n) is 12.6. The lowest BCUT2D eigenvalue weighted by Gasteiger charge is -2.31. The first-order valence-electron chi connectivity index (χ1n) is 5.32. The van der Waals surface area contributed by atoms with Gasteiger partial charge in [0.15, 0.2) is 0 Å². The second-order valence-electron chi connectivity index (χ2n) is 6.55. The molecule has 0 saturated carbocycles. The molecule has 1 atom stereocenters. The van der Waals surface area contributed by atoms with Crippen LogP contribution >= 0.6 is 0 Å². The second kappa shape index (κ2) is 9.91. The summed E-state index contributed by atoms with van der Waals surface area (Å²) in [6.07, 6.45) is 0.984. The van der Waals surface area contributed by atoms with Gasteiger partial charge in [0.2, 0.25) is 0 Å². The SMILES string of the molecule is CC(=O)C(CC(C)(C)C)C[N+](C)(C)C.[I-].[I-].[NH4+]. The Morgan fingerprint density at radius 1 is 1.12 bits per heavy atom. The molecule has 0 aromatic rings. The van der Waals surface area contributed by atoms with E-state index in [1.807, 2.05) is 0 Å².